The molecule has 2 atom stereocenters. The van der Waals surface area contributed by atoms with Crippen LogP contribution in [0.4, 0.5) is 0 Å². The molecule has 1 aliphatic rings. The highest BCUT2D eigenvalue weighted by atomic mass is 35.5. The Morgan fingerprint density at radius 3 is 2.86 bits per heavy atom. The van der Waals surface area contributed by atoms with Gasteiger partial charge in [0.25, 0.3) is 0 Å². The largest absolute Gasteiger partial charge is 0.387 e. The van der Waals surface area contributed by atoms with E-state index in [4.69, 9.17) is 16.3 Å². The summed E-state index contributed by atoms with van der Waals surface area (Å²) >= 11 is 5.79. The molecule has 5 nitrogen and oxygen atoms in total. The molecule has 0 saturated carbocycles. The number of rotatable bonds is 7. The Morgan fingerprint density at radius 1 is 1.43 bits per heavy atom. The lowest BCUT2D eigenvalue weighted by atomic mass is 10.1. The van der Waals surface area contributed by atoms with Crippen molar-refractivity contribution in [2.75, 3.05) is 26.2 Å². The molecule has 1 aromatic rings. The van der Waals surface area contributed by atoms with Gasteiger partial charge in [-0.15, -0.1) is 0 Å². The lowest BCUT2D eigenvalue weighted by molar-refractivity contribution is -0.120. The molecule has 6 heteroatoms. The second-order valence-corrected chi connectivity index (χ2v) is 5.57. The number of ether oxygens (including phenoxy) is 1. The van der Waals surface area contributed by atoms with Gasteiger partial charge >= 0.3 is 0 Å². The highest BCUT2D eigenvalue weighted by Gasteiger charge is 2.15. The molecule has 2 unspecified atom stereocenters. The second-order valence-electron chi connectivity index (χ2n) is 5.14. The van der Waals surface area contributed by atoms with Gasteiger partial charge in [0.1, 0.15) is 0 Å². The van der Waals surface area contributed by atoms with Crippen molar-refractivity contribution in [3.05, 3.63) is 34.9 Å². The number of carbonyl (C=O) groups excluding carboxylic acids is 1. The van der Waals surface area contributed by atoms with Crippen LogP contribution in [0.15, 0.2) is 24.3 Å². The number of aliphatic hydroxyl groups excluding tert-OH is 1. The lowest BCUT2D eigenvalue weighted by Gasteiger charge is -2.14. The Balaban J connectivity index is 1.62. The van der Waals surface area contributed by atoms with Crippen LogP contribution in [0.2, 0.25) is 5.02 Å². The minimum Gasteiger partial charge on any atom is -0.387 e. The van der Waals surface area contributed by atoms with Crippen molar-refractivity contribution in [3.63, 3.8) is 0 Å². The molecule has 21 heavy (non-hydrogen) atoms. The van der Waals surface area contributed by atoms with Gasteiger partial charge in [0.2, 0.25) is 5.91 Å². The first-order valence-electron chi connectivity index (χ1n) is 7.17. The number of carbonyl (C=O) groups is 1. The standard InChI is InChI=1S/C15H21ClN2O3/c16-12-5-3-11(4-6-12)14(19)9-18-15(20)10-17-8-13-2-1-7-21-13/h3-6,13-14,17,19H,1-2,7-10H2,(H,18,20). The second kappa shape index (κ2) is 8.34. The Hall–Kier alpha value is -1.14. The van der Waals surface area contributed by atoms with Crippen molar-refractivity contribution in [2.45, 2.75) is 25.0 Å². The Morgan fingerprint density at radius 2 is 2.19 bits per heavy atom. The zero-order valence-corrected chi connectivity index (χ0v) is 12.6. The fourth-order valence-corrected chi connectivity index (χ4v) is 2.35. The first kappa shape index (κ1) is 16.2. The predicted molar refractivity (Wildman–Crippen MR) is 81.3 cm³/mol. The average Bonchev–Trinajstić information content (AvgIpc) is 2.99. The van der Waals surface area contributed by atoms with Gasteiger partial charge in [-0.05, 0) is 30.5 Å². The topological polar surface area (TPSA) is 70.6 Å². The summed E-state index contributed by atoms with van der Waals surface area (Å²) < 4.78 is 5.46. The molecule has 0 aliphatic carbocycles. The fraction of sp³-hybridized carbons (Fsp3) is 0.533. The van der Waals surface area contributed by atoms with E-state index in [1.807, 2.05) is 0 Å². The summed E-state index contributed by atoms with van der Waals surface area (Å²) in [4.78, 5) is 11.7. The van der Waals surface area contributed by atoms with Crippen LogP contribution < -0.4 is 10.6 Å². The van der Waals surface area contributed by atoms with Crippen LogP contribution in [0.25, 0.3) is 0 Å². The molecule has 0 spiro atoms. The van der Waals surface area contributed by atoms with Gasteiger partial charge < -0.3 is 20.5 Å². The minimum absolute atomic E-state index is 0.138. The van der Waals surface area contributed by atoms with E-state index < -0.39 is 6.10 Å². The molecular formula is C15H21ClN2O3. The molecule has 1 fully saturated rings. The van der Waals surface area contributed by atoms with Crippen LogP contribution in [0.3, 0.4) is 0 Å². The van der Waals surface area contributed by atoms with Crippen LogP contribution in [0.1, 0.15) is 24.5 Å². The van der Waals surface area contributed by atoms with Gasteiger partial charge in [-0.1, -0.05) is 23.7 Å². The van der Waals surface area contributed by atoms with Crippen LogP contribution >= 0.6 is 11.6 Å². The zero-order valence-electron chi connectivity index (χ0n) is 11.8. The maximum Gasteiger partial charge on any atom is 0.234 e. The maximum absolute atomic E-state index is 11.7. The molecule has 0 radical (unpaired) electrons. The van der Waals surface area contributed by atoms with Gasteiger partial charge in [0.05, 0.1) is 18.8 Å². The SMILES string of the molecule is O=C(CNCC1CCCO1)NCC(O)c1ccc(Cl)cc1. The van der Waals surface area contributed by atoms with Gasteiger partial charge in [0, 0.05) is 24.7 Å². The van der Waals surface area contributed by atoms with Gasteiger partial charge in [0.15, 0.2) is 0 Å². The maximum atomic E-state index is 11.7. The van der Waals surface area contributed by atoms with E-state index in [9.17, 15) is 9.90 Å². The average molecular weight is 313 g/mol. The number of halogens is 1. The number of nitrogens with one attached hydrogen (secondary N) is 2. The number of amides is 1. The van der Waals surface area contributed by atoms with Crippen molar-refractivity contribution >= 4 is 17.5 Å². The quantitative estimate of drug-likeness (QED) is 0.709. The third kappa shape index (κ3) is 5.63. The predicted octanol–water partition coefficient (Wildman–Crippen LogP) is 1.26. The molecule has 116 valence electrons. The highest BCUT2D eigenvalue weighted by molar-refractivity contribution is 6.30. The normalized spacial score (nSPS) is 19.4. The van der Waals surface area contributed by atoms with Gasteiger partial charge in [-0.2, -0.15) is 0 Å². The van der Waals surface area contributed by atoms with E-state index in [1.54, 1.807) is 24.3 Å². The molecule has 1 aromatic carbocycles. The van der Waals surface area contributed by atoms with E-state index in [2.05, 4.69) is 10.6 Å². The van der Waals surface area contributed by atoms with Crippen LogP contribution in [0, 0.1) is 0 Å². The summed E-state index contributed by atoms with van der Waals surface area (Å²) in [5.74, 6) is -0.138. The third-order valence-corrected chi connectivity index (χ3v) is 3.68. The molecule has 1 heterocycles. The van der Waals surface area contributed by atoms with Crippen LogP contribution in [-0.4, -0.2) is 43.4 Å². The molecular weight excluding hydrogens is 292 g/mol. The van der Waals surface area contributed by atoms with E-state index in [0.717, 1.165) is 25.0 Å². The van der Waals surface area contributed by atoms with E-state index in [0.29, 0.717) is 11.6 Å². The van der Waals surface area contributed by atoms with E-state index in [-0.39, 0.29) is 25.1 Å². The summed E-state index contributed by atoms with van der Waals surface area (Å²) in [7, 11) is 0. The third-order valence-electron chi connectivity index (χ3n) is 3.43. The van der Waals surface area contributed by atoms with Crippen molar-refractivity contribution in [3.8, 4) is 0 Å². The van der Waals surface area contributed by atoms with Crippen molar-refractivity contribution < 1.29 is 14.6 Å². The molecule has 0 aromatic heterocycles. The summed E-state index contributed by atoms with van der Waals surface area (Å²) in [6.07, 6.45) is 1.62. The summed E-state index contributed by atoms with van der Waals surface area (Å²) in [6, 6.07) is 6.92. The van der Waals surface area contributed by atoms with Crippen molar-refractivity contribution in [1.29, 1.82) is 0 Å². The molecule has 1 saturated heterocycles. The fourth-order valence-electron chi connectivity index (χ4n) is 2.23. The van der Waals surface area contributed by atoms with Crippen LogP contribution in [0.5, 0.6) is 0 Å². The van der Waals surface area contributed by atoms with Crippen molar-refractivity contribution in [1.82, 2.24) is 10.6 Å². The molecule has 2 rings (SSSR count). The highest BCUT2D eigenvalue weighted by Crippen LogP contribution is 2.15. The first-order chi connectivity index (χ1) is 10.1. The summed E-state index contributed by atoms with van der Waals surface area (Å²) in [6.45, 7) is 1.91. The number of benzene rings is 1. The monoisotopic (exact) mass is 312 g/mol. The smallest absolute Gasteiger partial charge is 0.234 e. The van der Waals surface area contributed by atoms with Gasteiger partial charge in [-0.25, -0.2) is 0 Å². The zero-order chi connectivity index (χ0) is 15.1. The van der Waals surface area contributed by atoms with Gasteiger partial charge in [-0.3, -0.25) is 4.79 Å². The first-order valence-corrected chi connectivity index (χ1v) is 7.55. The molecule has 3 N–H and O–H groups in total. The van der Waals surface area contributed by atoms with Crippen LogP contribution in [-0.2, 0) is 9.53 Å². The molecule has 0 bridgehead atoms. The molecule has 1 amide bonds. The number of hydrogen-bond donors (Lipinski definition) is 3. The Bertz CT molecular complexity index is 447. The Labute approximate surface area is 129 Å². The minimum atomic E-state index is -0.732. The Kier molecular flexibility index (Phi) is 6.45. The summed E-state index contributed by atoms with van der Waals surface area (Å²) in [5, 5.41) is 16.3. The molecule has 1 aliphatic heterocycles. The summed E-state index contributed by atoms with van der Waals surface area (Å²) in [5.41, 5.74) is 0.729. The number of aliphatic hydroxyl groups is 1. The van der Waals surface area contributed by atoms with E-state index in [1.165, 1.54) is 0 Å². The van der Waals surface area contributed by atoms with E-state index >= 15 is 0 Å². The number of hydrogen-bond acceptors (Lipinski definition) is 4. The van der Waals surface area contributed by atoms with Crippen molar-refractivity contribution in [2.24, 2.45) is 0 Å². The lowest BCUT2D eigenvalue weighted by Crippen LogP contribution is -2.38.